The molecule has 15 heavy (non-hydrogen) atoms. The molecule has 0 aliphatic carbocycles. The van der Waals surface area contributed by atoms with Gasteiger partial charge in [-0.2, -0.15) is 0 Å². The van der Waals surface area contributed by atoms with Crippen molar-refractivity contribution in [3.05, 3.63) is 39.4 Å². The minimum atomic E-state index is 0.333. The fourth-order valence-corrected chi connectivity index (χ4v) is 1.59. The van der Waals surface area contributed by atoms with E-state index in [1.165, 1.54) is 5.57 Å². The van der Waals surface area contributed by atoms with E-state index in [1.807, 2.05) is 19.2 Å². The van der Waals surface area contributed by atoms with Gasteiger partial charge in [0.1, 0.15) is 0 Å². The van der Waals surface area contributed by atoms with Gasteiger partial charge in [-0.05, 0) is 32.5 Å². The van der Waals surface area contributed by atoms with Gasteiger partial charge in [0.05, 0.1) is 10.0 Å². The van der Waals surface area contributed by atoms with E-state index in [9.17, 15) is 0 Å². The van der Waals surface area contributed by atoms with Crippen LogP contribution in [0.4, 0.5) is 0 Å². The van der Waals surface area contributed by atoms with E-state index in [2.05, 4.69) is 25.2 Å². The standard InChI is InChI=1S/C12H15Cl2N/c1-8(9(2)15-3)7-10-5-4-6-11(13)12(10)14/h4-7,9,15H,1-3H3/b8-7+. The van der Waals surface area contributed by atoms with E-state index in [0.29, 0.717) is 16.1 Å². The predicted molar refractivity (Wildman–Crippen MR) is 68.6 cm³/mol. The molecule has 0 heterocycles. The quantitative estimate of drug-likeness (QED) is 0.847. The van der Waals surface area contributed by atoms with Crippen molar-refractivity contribution in [3.63, 3.8) is 0 Å². The summed E-state index contributed by atoms with van der Waals surface area (Å²) in [5, 5.41) is 4.38. The van der Waals surface area contributed by atoms with Crippen LogP contribution in [0.1, 0.15) is 19.4 Å². The van der Waals surface area contributed by atoms with Crippen LogP contribution in [-0.2, 0) is 0 Å². The van der Waals surface area contributed by atoms with Crippen molar-refractivity contribution in [1.29, 1.82) is 0 Å². The molecule has 0 fully saturated rings. The van der Waals surface area contributed by atoms with Crippen LogP contribution in [-0.4, -0.2) is 13.1 Å². The molecule has 1 N–H and O–H groups in total. The second-order valence-corrected chi connectivity index (χ2v) is 4.33. The molecule has 3 heteroatoms. The lowest BCUT2D eigenvalue weighted by Crippen LogP contribution is -2.21. The van der Waals surface area contributed by atoms with Crippen LogP contribution in [0.3, 0.4) is 0 Å². The lowest BCUT2D eigenvalue weighted by molar-refractivity contribution is 0.696. The van der Waals surface area contributed by atoms with E-state index in [1.54, 1.807) is 6.07 Å². The Hall–Kier alpha value is -0.500. The molecule has 0 radical (unpaired) electrons. The van der Waals surface area contributed by atoms with Gasteiger partial charge in [0.15, 0.2) is 0 Å². The monoisotopic (exact) mass is 243 g/mol. The molecule has 0 amide bonds. The average Bonchev–Trinajstić information content (AvgIpc) is 2.23. The zero-order chi connectivity index (χ0) is 11.4. The lowest BCUT2D eigenvalue weighted by atomic mass is 10.1. The Kier molecular flexibility index (Phi) is 4.65. The van der Waals surface area contributed by atoms with Crippen LogP contribution in [0.25, 0.3) is 6.08 Å². The summed E-state index contributed by atoms with van der Waals surface area (Å²) < 4.78 is 0. The molecule has 1 rings (SSSR count). The Balaban J connectivity index is 3.03. The van der Waals surface area contributed by atoms with Gasteiger partial charge in [0, 0.05) is 6.04 Å². The van der Waals surface area contributed by atoms with E-state index in [0.717, 1.165) is 5.56 Å². The van der Waals surface area contributed by atoms with Gasteiger partial charge < -0.3 is 5.32 Å². The molecule has 1 aromatic rings. The molecule has 0 saturated carbocycles. The highest BCUT2D eigenvalue weighted by Crippen LogP contribution is 2.27. The van der Waals surface area contributed by atoms with Gasteiger partial charge in [-0.15, -0.1) is 0 Å². The van der Waals surface area contributed by atoms with Crippen molar-refractivity contribution >= 4 is 29.3 Å². The van der Waals surface area contributed by atoms with Crippen molar-refractivity contribution < 1.29 is 0 Å². The summed E-state index contributed by atoms with van der Waals surface area (Å²) in [6, 6.07) is 5.98. The summed E-state index contributed by atoms with van der Waals surface area (Å²) in [4.78, 5) is 0. The van der Waals surface area contributed by atoms with Crippen molar-refractivity contribution in [2.45, 2.75) is 19.9 Å². The first-order chi connectivity index (χ1) is 7.06. The lowest BCUT2D eigenvalue weighted by Gasteiger charge is -2.11. The van der Waals surface area contributed by atoms with Crippen LogP contribution in [0.15, 0.2) is 23.8 Å². The van der Waals surface area contributed by atoms with Crippen molar-refractivity contribution in [2.24, 2.45) is 0 Å². The summed E-state index contributed by atoms with van der Waals surface area (Å²) in [6.45, 7) is 4.17. The third kappa shape index (κ3) is 3.23. The molecule has 1 aromatic carbocycles. The Morgan fingerprint density at radius 1 is 1.40 bits per heavy atom. The minimum Gasteiger partial charge on any atom is -0.314 e. The Labute approximate surface area is 101 Å². The number of benzene rings is 1. The fraction of sp³-hybridized carbons (Fsp3) is 0.333. The first kappa shape index (κ1) is 12.6. The van der Waals surface area contributed by atoms with E-state index in [4.69, 9.17) is 23.2 Å². The van der Waals surface area contributed by atoms with E-state index >= 15 is 0 Å². The third-order valence-electron chi connectivity index (χ3n) is 2.48. The van der Waals surface area contributed by atoms with Crippen molar-refractivity contribution in [3.8, 4) is 0 Å². The zero-order valence-electron chi connectivity index (χ0n) is 9.14. The SMILES string of the molecule is CNC(C)/C(C)=C/c1cccc(Cl)c1Cl. The predicted octanol–water partition coefficient (Wildman–Crippen LogP) is 4.00. The summed E-state index contributed by atoms with van der Waals surface area (Å²) in [6.07, 6.45) is 2.05. The molecule has 1 atom stereocenters. The smallest absolute Gasteiger partial charge is 0.0664 e. The topological polar surface area (TPSA) is 12.0 Å². The molecule has 0 aliphatic rings. The summed E-state index contributed by atoms with van der Waals surface area (Å²) >= 11 is 12.0. The Morgan fingerprint density at radius 2 is 2.07 bits per heavy atom. The van der Waals surface area contributed by atoms with Crippen LogP contribution in [0.2, 0.25) is 10.0 Å². The maximum absolute atomic E-state index is 6.09. The first-order valence-corrected chi connectivity index (χ1v) is 5.61. The van der Waals surface area contributed by atoms with E-state index in [-0.39, 0.29) is 0 Å². The summed E-state index contributed by atoms with van der Waals surface area (Å²) in [7, 11) is 1.93. The normalized spacial score (nSPS) is 14.1. The molecule has 1 unspecified atom stereocenters. The highest BCUT2D eigenvalue weighted by Gasteiger charge is 2.04. The number of likely N-dealkylation sites (N-methyl/N-ethyl adjacent to an activating group) is 1. The van der Waals surface area contributed by atoms with Crippen molar-refractivity contribution in [1.82, 2.24) is 5.32 Å². The highest BCUT2D eigenvalue weighted by molar-refractivity contribution is 6.42. The number of hydrogen-bond acceptors (Lipinski definition) is 1. The number of nitrogens with one attached hydrogen (secondary N) is 1. The van der Waals surface area contributed by atoms with Crippen LogP contribution < -0.4 is 5.32 Å². The van der Waals surface area contributed by atoms with Gasteiger partial charge in [-0.25, -0.2) is 0 Å². The zero-order valence-corrected chi connectivity index (χ0v) is 10.7. The largest absolute Gasteiger partial charge is 0.314 e. The first-order valence-electron chi connectivity index (χ1n) is 4.85. The Bertz CT molecular complexity index is 372. The highest BCUT2D eigenvalue weighted by atomic mass is 35.5. The molecule has 0 spiro atoms. The molecule has 0 saturated heterocycles. The second-order valence-electron chi connectivity index (χ2n) is 3.54. The molecular formula is C12H15Cl2N. The third-order valence-corrected chi connectivity index (χ3v) is 3.31. The Morgan fingerprint density at radius 3 is 2.67 bits per heavy atom. The van der Waals surface area contributed by atoms with Crippen LogP contribution in [0, 0.1) is 0 Å². The van der Waals surface area contributed by atoms with Crippen LogP contribution in [0.5, 0.6) is 0 Å². The molecule has 0 aromatic heterocycles. The number of hydrogen-bond donors (Lipinski definition) is 1. The van der Waals surface area contributed by atoms with Crippen molar-refractivity contribution in [2.75, 3.05) is 7.05 Å². The summed E-state index contributed by atoms with van der Waals surface area (Å²) in [5.41, 5.74) is 2.19. The fourth-order valence-electron chi connectivity index (χ4n) is 1.23. The van der Waals surface area contributed by atoms with Crippen LogP contribution >= 0.6 is 23.2 Å². The molecule has 82 valence electrons. The molecule has 0 bridgehead atoms. The maximum Gasteiger partial charge on any atom is 0.0664 e. The molecule has 1 nitrogen and oxygen atoms in total. The molecular weight excluding hydrogens is 229 g/mol. The average molecular weight is 244 g/mol. The summed E-state index contributed by atoms with van der Waals surface area (Å²) in [5.74, 6) is 0. The van der Waals surface area contributed by atoms with Gasteiger partial charge in [0.25, 0.3) is 0 Å². The van der Waals surface area contributed by atoms with Gasteiger partial charge in [-0.1, -0.05) is 47.0 Å². The minimum absolute atomic E-state index is 0.333. The number of halogens is 2. The van der Waals surface area contributed by atoms with Gasteiger partial charge >= 0.3 is 0 Å². The van der Waals surface area contributed by atoms with Gasteiger partial charge in [0.2, 0.25) is 0 Å². The second kappa shape index (κ2) is 5.55. The number of rotatable bonds is 3. The molecule has 0 aliphatic heterocycles. The maximum atomic E-state index is 6.09. The van der Waals surface area contributed by atoms with E-state index < -0.39 is 0 Å². The van der Waals surface area contributed by atoms with Gasteiger partial charge in [-0.3, -0.25) is 0 Å².